The number of hydrogen-bond donors (Lipinski definition) is 6. The van der Waals surface area contributed by atoms with Gasteiger partial charge in [0.15, 0.2) is 12.1 Å². The van der Waals surface area contributed by atoms with Gasteiger partial charge < -0.3 is 44.0 Å². The van der Waals surface area contributed by atoms with Gasteiger partial charge in [-0.05, 0) is 23.8 Å². The maximum atomic E-state index is 11.9. The minimum absolute atomic E-state index is 0.394. The van der Waals surface area contributed by atoms with Crippen LogP contribution in [0.2, 0.25) is 5.02 Å². The van der Waals surface area contributed by atoms with Crippen molar-refractivity contribution in [1.29, 1.82) is 0 Å². The average molecular weight is 549 g/mol. The Hall–Kier alpha value is -1.89. The van der Waals surface area contributed by atoms with E-state index < -0.39 is 52.2 Å². The molecule has 3 heterocycles. The van der Waals surface area contributed by atoms with Crippen molar-refractivity contribution < 1.29 is 43.3 Å². The highest BCUT2D eigenvalue weighted by molar-refractivity contribution is 7.70. The quantitative estimate of drug-likeness (QED) is 0.212. The summed E-state index contributed by atoms with van der Waals surface area (Å²) in [6.07, 6.45) is -2.40. The van der Waals surface area contributed by atoms with Gasteiger partial charge in [0.25, 0.3) is 0 Å². The summed E-state index contributed by atoms with van der Waals surface area (Å²) in [6.45, 7) is -0.213. The molecule has 0 spiro atoms. The van der Waals surface area contributed by atoms with E-state index >= 15 is 0 Å². The average Bonchev–Trinajstić information content (AvgIpc) is 3.32. The third kappa shape index (κ3) is 6.28. The van der Waals surface area contributed by atoms with E-state index in [1.54, 1.807) is 24.4 Å². The minimum Gasteiger partial charge on any atom is -0.387 e. The third-order valence-electron chi connectivity index (χ3n) is 5.30. The molecule has 16 heteroatoms. The predicted octanol–water partition coefficient (Wildman–Crippen LogP) is 1.65. The van der Waals surface area contributed by atoms with Crippen molar-refractivity contribution in [2.24, 2.45) is 0 Å². The van der Waals surface area contributed by atoms with Crippen LogP contribution >= 0.6 is 26.8 Å². The van der Waals surface area contributed by atoms with Crippen molar-refractivity contribution in [3.8, 4) is 0 Å². The number of benzene rings is 1. The number of aromatic nitrogens is 3. The van der Waals surface area contributed by atoms with E-state index in [1.165, 1.54) is 10.9 Å². The number of fused-ring (bicyclic) bond motifs is 1. The summed E-state index contributed by atoms with van der Waals surface area (Å²) in [7, 11) is -9.46. The Morgan fingerprint density at radius 1 is 1.09 bits per heavy atom. The second kappa shape index (κ2) is 10.2. The number of anilines is 1. The van der Waals surface area contributed by atoms with Gasteiger partial charge in [0.05, 0.1) is 12.0 Å². The highest BCUT2D eigenvalue weighted by Gasteiger charge is 2.45. The SMILES string of the molecule is O=P(O)(O)CP(=O)(O)OC[C@H]1O[C@@H](n2ccc3c(NCc4ccc(Cl)cc4)ncnc32)C(O)C1O. The Bertz CT molecular complexity index is 1290. The van der Waals surface area contributed by atoms with Gasteiger partial charge in [0.2, 0.25) is 0 Å². The van der Waals surface area contributed by atoms with Crippen LogP contribution in [0.5, 0.6) is 0 Å². The molecule has 3 unspecified atom stereocenters. The molecule has 0 saturated carbocycles. The highest BCUT2D eigenvalue weighted by Crippen LogP contribution is 2.55. The van der Waals surface area contributed by atoms with Gasteiger partial charge in [0, 0.05) is 17.8 Å². The van der Waals surface area contributed by atoms with Gasteiger partial charge in [-0.2, -0.15) is 0 Å². The van der Waals surface area contributed by atoms with Crippen LogP contribution in [-0.4, -0.2) is 70.3 Å². The first kappa shape index (κ1) is 26.2. The molecule has 1 saturated heterocycles. The molecular formula is C19H23ClN4O9P2. The van der Waals surface area contributed by atoms with E-state index in [0.717, 1.165) is 5.56 Å². The molecule has 6 N–H and O–H groups in total. The molecule has 2 aromatic heterocycles. The molecule has 4 rings (SSSR count). The largest absolute Gasteiger partial charge is 0.387 e. The van der Waals surface area contributed by atoms with Crippen LogP contribution < -0.4 is 5.32 Å². The maximum absolute atomic E-state index is 11.9. The highest BCUT2D eigenvalue weighted by atomic mass is 35.5. The van der Waals surface area contributed by atoms with Crippen molar-refractivity contribution in [3.05, 3.63) is 53.4 Å². The lowest BCUT2D eigenvalue weighted by Gasteiger charge is -2.18. The Kier molecular flexibility index (Phi) is 7.65. The van der Waals surface area contributed by atoms with Crippen LogP contribution in [0.15, 0.2) is 42.9 Å². The zero-order chi connectivity index (χ0) is 25.4. The Morgan fingerprint density at radius 3 is 2.49 bits per heavy atom. The zero-order valence-electron chi connectivity index (χ0n) is 18.0. The summed E-state index contributed by atoms with van der Waals surface area (Å²) in [4.78, 5) is 35.9. The summed E-state index contributed by atoms with van der Waals surface area (Å²) in [6, 6.07) is 8.99. The topological polar surface area (TPSA) is 196 Å². The normalized spacial score (nSPS) is 24.5. The first-order valence-electron chi connectivity index (χ1n) is 10.3. The van der Waals surface area contributed by atoms with Crippen molar-refractivity contribution in [2.75, 3.05) is 17.8 Å². The zero-order valence-corrected chi connectivity index (χ0v) is 20.5. The van der Waals surface area contributed by atoms with E-state index in [-0.39, 0.29) is 0 Å². The summed E-state index contributed by atoms with van der Waals surface area (Å²) in [5.41, 5.74) is 1.37. The number of nitrogens with zero attached hydrogens (tertiary/aromatic N) is 3. The van der Waals surface area contributed by atoms with Gasteiger partial charge in [0.1, 0.15) is 36.1 Å². The van der Waals surface area contributed by atoms with Gasteiger partial charge in [-0.3, -0.25) is 9.13 Å². The number of rotatable bonds is 9. The number of hydrogen-bond acceptors (Lipinski definition) is 9. The molecule has 1 aliphatic rings. The molecule has 0 bridgehead atoms. The van der Waals surface area contributed by atoms with E-state index in [4.69, 9.17) is 30.6 Å². The molecular weight excluding hydrogens is 526 g/mol. The van der Waals surface area contributed by atoms with Crippen LogP contribution in [0.3, 0.4) is 0 Å². The summed E-state index contributed by atoms with van der Waals surface area (Å²) >= 11 is 5.91. The van der Waals surface area contributed by atoms with Crippen LogP contribution in [0, 0.1) is 0 Å². The predicted molar refractivity (Wildman–Crippen MR) is 125 cm³/mol. The molecule has 1 fully saturated rings. The molecule has 0 amide bonds. The molecule has 1 aliphatic heterocycles. The number of ether oxygens (including phenoxy) is 1. The fourth-order valence-electron chi connectivity index (χ4n) is 3.67. The Labute approximate surface area is 204 Å². The fraction of sp³-hybridized carbons (Fsp3) is 0.368. The molecule has 3 aromatic rings. The lowest BCUT2D eigenvalue weighted by molar-refractivity contribution is -0.0481. The lowest BCUT2D eigenvalue weighted by atomic mass is 10.1. The van der Waals surface area contributed by atoms with Gasteiger partial charge in [-0.1, -0.05) is 23.7 Å². The van der Waals surface area contributed by atoms with Crippen molar-refractivity contribution in [1.82, 2.24) is 14.5 Å². The van der Waals surface area contributed by atoms with E-state index in [0.29, 0.717) is 28.4 Å². The molecule has 1 aromatic carbocycles. The van der Waals surface area contributed by atoms with Crippen molar-refractivity contribution in [3.63, 3.8) is 0 Å². The summed E-state index contributed by atoms with van der Waals surface area (Å²) < 4.78 is 34.8. The van der Waals surface area contributed by atoms with Gasteiger partial charge in [-0.15, -0.1) is 0 Å². The van der Waals surface area contributed by atoms with Gasteiger partial charge in [-0.25, -0.2) is 9.97 Å². The first-order valence-corrected chi connectivity index (χ1v) is 14.2. The first-order chi connectivity index (χ1) is 16.4. The van der Waals surface area contributed by atoms with Crippen LogP contribution in [0.25, 0.3) is 11.0 Å². The Balaban J connectivity index is 1.48. The molecule has 13 nitrogen and oxygen atoms in total. The molecule has 190 valence electrons. The van der Waals surface area contributed by atoms with E-state index in [1.807, 2.05) is 12.1 Å². The molecule has 35 heavy (non-hydrogen) atoms. The minimum atomic E-state index is -4.81. The molecule has 5 atom stereocenters. The number of halogens is 1. The maximum Gasteiger partial charge on any atom is 0.340 e. The third-order valence-corrected chi connectivity index (χ3v) is 9.01. The van der Waals surface area contributed by atoms with Crippen molar-refractivity contribution in [2.45, 2.75) is 31.1 Å². The second-order valence-corrected chi connectivity index (χ2v) is 12.4. The molecule has 0 aliphatic carbocycles. The monoisotopic (exact) mass is 548 g/mol. The van der Waals surface area contributed by atoms with E-state index in [9.17, 15) is 24.2 Å². The van der Waals surface area contributed by atoms with Crippen molar-refractivity contribution >= 4 is 43.6 Å². The summed E-state index contributed by atoms with van der Waals surface area (Å²) in [5.74, 6) is -0.852. The Morgan fingerprint density at radius 2 is 1.80 bits per heavy atom. The molecule has 0 radical (unpaired) electrons. The van der Waals surface area contributed by atoms with Gasteiger partial charge >= 0.3 is 15.2 Å². The standard InChI is InChI=1S/C19H23ClN4O9P2/c20-12-3-1-11(2-4-12)7-21-17-13-5-6-24(18(13)23-9-22-17)19-16(26)15(25)14(33-19)8-32-35(30,31)10-34(27,28)29/h1-6,9,14-16,19,25-26H,7-8,10H2,(H,30,31)(H,21,22,23)(H2,27,28,29)/t14-,15?,16?,19-/m1/s1. The smallest absolute Gasteiger partial charge is 0.340 e. The second-order valence-electron chi connectivity index (χ2n) is 7.95. The summed E-state index contributed by atoms with van der Waals surface area (Å²) in [5, 5.41) is 25.4. The fourth-order valence-corrected chi connectivity index (χ4v) is 6.36. The number of aliphatic hydroxyl groups is 2. The number of nitrogens with one attached hydrogen (secondary N) is 1. The number of aliphatic hydroxyl groups excluding tert-OH is 2. The van der Waals surface area contributed by atoms with E-state index in [2.05, 4.69) is 15.3 Å². The van der Waals surface area contributed by atoms with Crippen LogP contribution in [-0.2, 0) is 24.9 Å². The lowest BCUT2D eigenvalue weighted by Crippen LogP contribution is -2.33. The van der Waals surface area contributed by atoms with Crippen LogP contribution in [0.4, 0.5) is 5.82 Å². The van der Waals surface area contributed by atoms with Crippen LogP contribution in [0.1, 0.15) is 11.8 Å².